The Balaban J connectivity index is 2.57. The summed E-state index contributed by atoms with van der Waals surface area (Å²) in [5.74, 6) is 0.0748. The number of Topliss-reactive ketones (excluding diaryl/α,β-unsaturated/α-hetero) is 1. The van der Waals surface area contributed by atoms with Gasteiger partial charge in [0, 0.05) is 25.1 Å². The molecule has 0 aromatic carbocycles. The van der Waals surface area contributed by atoms with Crippen molar-refractivity contribution in [1.82, 2.24) is 5.32 Å². The van der Waals surface area contributed by atoms with Crippen LogP contribution in [-0.2, 0) is 9.59 Å². The maximum Gasteiger partial charge on any atom is 0.220 e. The summed E-state index contributed by atoms with van der Waals surface area (Å²) in [6.07, 6.45) is 7.39. The third-order valence-electron chi connectivity index (χ3n) is 2.41. The molecule has 0 radical (unpaired) electrons. The van der Waals surface area contributed by atoms with E-state index in [1.807, 2.05) is 0 Å². The predicted molar refractivity (Wildman–Crippen MR) is 54.6 cm³/mol. The molecule has 3 nitrogen and oxygen atoms in total. The first-order chi connectivity index (χ1) is 6.70. The van der Waals surface area contributed by atoms with Crippen molar-refractivity contribution < 1.29 is 9.59 Å². The third-order valence-corrected chi connectivity index (χ3v) is 2.41. The molecule has 1 saturated carbocycles. The first kappa shape index (κ1) is 11.0. The van der Waals surface area contributed by atoms with E-state index in [9.17, 15) is 9.59 Å². The van der Waals surface area contributed by atoms with Gasteiger partial charge in [-0.05, 0) is 19.3 Å². The lowest BCUT2D eigenvalue weighted by molar-refractivity contribution is -0.118. The van der Waals surface area contributed by atoms with E-state index in [2.05, 4.69) is 5.32 Å². The molecule has 1 N–H and O–H groups in total. The smallest absolute Gasteiger partial charge is 0.220 e. The molecule has 0 aliphatic heterocycles. The van der Waals surface area contributed by atoms with E-state index in [0.29, 0.717) is 6.42 Å². The second kappa shape index (κ2) is 5.58. The number of carbonyl (C=O) groups excluding carboxylic acids is 2. The fraction of sp³-hybridized carbons (Fsp3) is 0.636. The molecule has 0 heterocycles. The first-order valence-corrected chi connectivity index (χ1v) is 5.19. The van der Waals surface area contributed by atoms with Gasteiger partial charge in [-0.1, -0.05) is 12.8 Å². The van der Waals surface area contributed by atoms with Crippen LogP contribution in [0.4, 0.5) is 0 Å². The molecule has 0 spiro atoms. The Morgan fingerprint density at radius 3 is 2.50 bits per heavy atom. The standard InChI is InChI=1S/C11H17NO2/c1-9(13)12-8-10-6-4-2-3-5-7-11(10)14/h8H,2-7H2,1H3,(H,12,13)/b10-8-. The molecule has 1 aliphatic carbocycles. The SMILES string of the molecule is CC(=O)N/C=C1/CCCCCCC1=O. The van der Waals surface area contributed by atoms with Crippen LogP contribution in [0, 0.1) is 0 Å². The maximum absolute atomic E-state index is 11.6. The highest BCUT2D eigenvalue weighted by Crippen LogP contribution is 2.18. The predicted octanol–water partition coefficient (Wildman–Crippen LogP) is 1.93. The summed E-state index contributed by atoms with van der Waals surface area (Å²) in [6, 6.07) is 0. The van der Waals surface area contributed by atoms with Crippen molar-refractivity contribution in [3.8, 4) is 0 Å². The van der Waals surface area contributed by atoms with E-state index >= 15 is 0 Å². The summed E-state index contributed by atoms with van der Waals surface area (Å²) in [7, 11) is 0. The molecule has 1 fully saturated rings. The van der Waals surface area contributed by atoms with Gasteiger partial charge in [0.1, 0.15) is 0 Å². The Kier molecular flexibility index (Phi) is 4.36. The number of allylic oxidation sites excluding steroid dienone is 1. The topological polar surface area (TPSA) is 46.2 Å². The van der Waals surface area contributed by atoms with Crippen LogP contribution in [0.2, 0.25) is 0 Å². The van der Waals surface area contributed by atoms with Gasteiger partial charge in [-0.25, -0.2) is 0 Å². The number of nitrogens with one attached hydrogen (secondary N) is 1. The summed E-state index contributed by atoms with van der Waals surface area (Å²) in [6.45, 7) is 1.45. The zero-order chi connectivity index (χ0) is 10.4. The van der Waals surface area contributed by atoms with Crippen molar-refractivity contribution in [1.29, 1.82) is 0 Å². The van der Waals surface area contributed by atoms with Gasteiger partial charge in [0.2, 0.25) is 5.91 Å². The minimum Gasteiger partial charge on any atom is -0.333 e. The highest BCUT2D eigenvalue weighted by molar-refractivity contribution is 5.95. The number of hydrogen-bond acceptors (Lipinski definition) is 2. The Labute approximate surface area is 84.6 Å². The molecule has 78 valence electrons. The molecule has 1 rings (SSSR count). The Bertz CT molecular complexity index is 256. The number of amides is 1. The van der Waals surface area contributed by atoms with Gasteiger partial charge < -0.3 is 5.32 Å². The molecule has 0 unspecified atom stereocenters. The summed E-state index contributed by atoms with van der Waals surface area (Å²) in [5, 5.41) is 2.57. The fourth-order valence-corrected chi connectivity index (χ4v) is 1.60. The van der Waals surface area contributed by atoms with Gasteiger partial charge in [0.15, 0.2) is 5.78 Å². The van der Waals surface area contributed by atoms with Crippen LogP contribution in [-0.4, -0.2) is 11.7 Å². The molecule has 0 atom stereocenters. The molecule has 0 bridgehead atoms. The van der Waals surface area contributed by atoms with E-state index in [0.717, 1.165) is 31.3 Å². The molecule has 0 aromatic rings. The summed E-state index contributed by atoms with van der Waals surface area (Å²) >= 11 is 0. The van der Waals surface area contributed by atoms with Crippen LogP contribution in [0.1, 0.15) is 45.4 Å². The largest absolute Gasteiger partial charge is 0.333 e. The van der Waals surface area contributed by atoms with Gasteiger partial charge in [0.05, 0.1) is 0 Å². The highest BCUT2D eigenvalue weighted by Gasteiger charge is 2.11. The molecule has 0 saturated heterocycles. The van der Waals surface area contributed by atoms with Crippen molar-refractivity contribution in [2.24, 2.45) is 0 Å². The monoisotopic (exact) mass is 195 g/mol. The number of carbonyl (C=O) groups is 2. The summed E-state index contributed by atoms with van der Waals surface area (Å²) in [5.41, 5.74) is 0.778. The van der Waals surface area contributed by atoms with Crippen molar-refractivity contribution >= 4 is 11.7 Å². The first-order valence-electron chi connectivity index (χ1n) is 5.19. The van der Waals surface area contributed by atoms with Crippen LogP contribution in [0.25, 0.3) is 0 Å². The summed E-state index contributed by atoms with van der Waals surface area (Å²) in [4.78, 5) is 22.2. The highest BCUT2D eigenvalue weighted by atomic mass is 16.1. The molecular formula is C11H17NO2. The third kappa shape index (κ3) is 3.73. The lowest BCUT2D eigenvalue weighted by Gasteiger charge is -2.10. The average Bonchev–Trinajstić information content (AvgIpc) is 2.10. The van der Waals surface area contributed by atoms with Gasteiger partial charge in [0.25, 0.3) is 0 Å². The molecule has 0 aromatic heterocycles. The lowest BCUT2D eigenvalue weighted by Crippen LogP contribution is -2.16. The van der Waals surface area contributed by atoms with E-state index in [1.54, 1.807) is 6.20 Å². The minimum absolute atomic E-state index is 0.118. The van der Waals surface area contributed by atoms with Crippen molar-refractivity contribution in [2.45, 2.75) is 45.4 Å². The Morgan fingerprint density at radius 2 is 1.86 bits per heavy atom. The van der Waals surface area contributed by atoms with E-state index in [1.165, 1.54) is 13.3 Å². The zero-order valence-corrected chi connectivity index (χ0v) is 8.64. The second-order valence-electron chi connectivity index (χ2n) is 3.71. The van der Waals surface area contributed by atoms with Gasteiger partial charge in [-0.2, -0.15) is 0 Å². The number of hydrogen-bond donors (Lipinski definition) is 1. The van der Waals surface area contributed by atoms with Gasteiger partial charge in [-0.3, -0.25) is 9.59 Å². The molecule has 3 heteroatoms. The van der Waals surface area contributed by atoms with Crippen LogP contribution in [0.5, 0.6) is 0 Å². The quantitative estimate of drug-likeness (QED) is 0.650. The number of rotatable bonds is 1. The average molecular weight is 195 g/mol. The molecular weight excluding hydrogens is 178 g/mol. The van der Waals surface area contributed by atoms with Crippen molar-refractivity contribution in [2.75, 3.05) is 0 Å². The van der Waals surface area contributed by atoms with Crippen molar-refractivity contribution in [3.05, 3.63) is 11.8 Å². The summed E-state index contributed by atoms with van der Waals surface area (Å²) < 4.78 is 0. The molecule has 1 amide bonds. The van der Waals surface area contributed by atoms with E-state index in [4.69, 9.17) is 0 Å². The van der Waals surface area contributed by atoms with Gasteiger partial charge in [-0.15, -0.1) is 0 Å². The van der Waals surface area contributed by atoms with Crippen LogP contribution in [0.3, 0.4) is 0 Å². The zero-order valence-electron chi connectivity index (χ0n) is 8.64. The minimum atomic E-state index is -0.118. The maximum atomic E-state index is 11.6. The van der Waals surface area contributed by atoms with Crippen LogP contribution < -0.4 is 5.32 Å². The second-order valence-corrected chi connectivity index (χ2v) is 3.71. The lowest BCUT2D eigenvalue weighted by atomic mass is 9.96. The van der Waals surface area contributed by atoms with E-state index < -0.39 is 0 Å². The van der Waals surface area contributed by atoms with Crippen LogP contribution in [0.15, 0.2) is 11.8 Å². The molecule has 1 aliphatic rings. The van der Waals surface area contributed by atoms with E-state index in [-0.39, 0.29) is 11.7 Å². The van der Waals surface area contributed by atoms with Crippen LogP contribution >= 0.6 is 0 Å². The van der Waals surface area contributed by atoms with Gasteiger partial charge >= 0.3 is 0 Å². The Morgan fingerprint density at radius 1 is 1.21 bits per heavy atom. The normalized spacial score (nSPS) is 21.5. The van der Waals surface area contributed by atoms with Crippen molar-refractivity contribution in [3.63, 3.8) is 0 Å². The fourth-order valence-electron chi connectivity index (χ4n) is 1.60. The molecule has 14 heavy (non-hydrogen) atoms. The Hall–Kier alpha value is -1.12. The number of ketones is 1.